The monoisotopic (exact) mass is 513 g/mol. The van der Waals surface area contributed by atoms with Crippen molar-refractivity contribution in [3.05, 3.63) is 36.0 Å². The summed E-state index contributed by atoms with van der Waals surface area (Å²) in [5, 5.41) is 15.9. The molecule has 1 saturated heterocycles. The number of hydrogen-bond acceptors (Lipinski definition) is 5. The topological polar surface area (TPSA) is 158 Å². The molecule has 2 heterocycles. The average molecular weight is 514 g/mol. The van der Waals surface area contributed by atoms with E-state index >= 15 is 0 Å². The molecule has 2 aromatic rings. The molecular weight excluding hydrogens is 474 g/mol. The van der Waals surface area contributed by atoms with E-state index in [0.29, 0.717) is 32.2 Å². The number of aromatic amines is 1. The summed E-state index contributed by atoms with van der Waals surface area (Å²) >= 11 is 0. The fourth-order valence-electron chi connectivity index (χ4n) is 4.82. The first-order valence-electron chi connectivity index (χ1n) is 13.0. The maximum absolute atomic E-state index is 13.6. The quantitative estimate of drug-likeness (QED) is 0.308. The molecule has 1 aromatic carbocycles. The SMILES string of the molecule is CCC(C)C(NC(=O)C(N)Cc1c[nH]c2ccccc12)C(=O)N1CCCC1C(=O)NC(C(=O)O)C(C)C. The zero-order chi connectivity index (χ0) is 27.3. The molecule has 6 N–H and O–H groups in total. The zero-order valence-electron chi connectivity index (χ0n) is 22.0. The van der Waals surface area contributed by atoms with Crippen molar-refractivity contribution in [2.45, 2.75) is 77.5 Å². The highest BCUT2D eigenvalue weighted by Crippen LogP contribution is 2.23. The van der Waals surface area contributed by atoms with E-state index in [1.807, 2.05) is 44.3 Å². The number of aromatic nitrogens is 1. The van der Waals surface area contributed by atoms with Crippen molar-refractivity contribution >= 4 is 34.6 Å². The summed E-state index contributed by atoms with van der Waals surface area (Å²) in [7, 11) is 0. The minimum atomic E-state index is -1.12. The van der Waals surface area contributed by atoms with Crippen LogP contribution in [0.1, 0.15) is 52.5 Å². The predicted octanol–water partition coefficient (Wildman–Crippen LogP) is 1.79. The average Bonchev–Trinajstić information content (AvgIpc) is 3.52. The number of nitrogens with one attached hydrogen (secondary N) is 3. The number of hydrogen-bond donors (Lipinski definition) is 5. The van der Waals surface area contributed by atoms with Crippen LogP contribution < -0.4 is 16.4 Å². The van der Waals surface area contributed by atoms with Crippen molar-refractivity contribution < 1.29 is 24.3 Å². The number of amides is 3. The van der Waals surface area contributed by atoms with E-state index in [9.17, 15) is 24.3 Å². The highest BCUT2D eigenvalue weighted by atomic mass is 16.4. The van der Waals surface area contributed by atoms with Crippen molar-refractivity contribution in [2.24, 2.45) is 17.6 Å². The number of H-pyrrole nitrogens is 1. The molecule has 10 nitrogen and oxygen atoms in total. The standard InChI is InChI=1S/C27H39N5O5/c1-5-16(4)23(31-24(33)19(28)13-17-14-29-20-10-7-6-9-18(17)20)26(35)32-12-8-11-21(32)25(34)30-22(15(2)3)27(36)37/h6-7,9-10,14-16,19,21-23,29H,5,8,11-13,28H2,1-4H3,(H,30,34)(H,31,33)(H,36,37). The summed E-state index contributed by atoms with van der Waals surface area (Å²) in [5.74, 6) is -2.89. The van der Waals surface area contributed by atoms with Crippen molar-refractivity contribution in [3.8, 4) is 0 Å². The molecule has 0 aliphatic carbocycles. The molecule has 3 amide bonds. The number of aliphatic carboxylic acids is 1. The largest absolute Gasteiger partial charge is 0.480 e. The van der Waals surface area contributed by atoms with Crippen LogP contribution in [0.4, 0.5) is 0 Å². The molecule has 202 valence electrons. The maximum Gasteiger partial charge on any atom is 0.326 e. The van der Waals surface area contributed by atoms with Crippen molar-refractivity contribution in [1.29, 1.82) is 0 Å². The Bertz CT molecular complexity index is 1130. The lowest BCUT2D eigenvalue weighted by Crippen LogP contribution is -2.58. The van der Waals surface area contributed by atoms with E-state index in [2.05, 4.69) is 15.6 Å². The number of carbonyl (C=O) groups excluding carboxylic acids is 3. The van der Waals surface area contributed by atoms with Gasteiger partial charge in [-0.2, -0.15) is 0 Å². The third kappa shape index (κ3) is 6.49. The van der Waals surface area contributed by atoms with Crippen LogP contribution >= 0.6 is 0 Å². The number of carbonyl (C=O) groups is 4. The van der Waals surface area contributed by atoms with Gasteiger partial charge in [-0.3, -0.25) is 14.4 Å². The fraction of sp³-hybridized carbons (Fsp3) is 0.556. The Labute approximate surface area is 217 Å². The van der Waals surface area contributed by atoms with Gasteiger partial charge in [-0.1, -0.05) is 52.3 Å². The molecule has 0 bridgehead atoms. The first-order valence-corrected chi connectivity index (χ1v) is 13.0. The lowest BCUT2D eigenvalue weighted by Gasteiger charge is -2.32. The Hall–Kier alpha value is -3.40. The van der Waals surface area contributed by atoms with Crippen LogP contribution in [0.15, 0.2) is 30.5 Å². The van der Waals surface area contributed by atoms with E-state index in [4.69, 9.17) is 5.73 Å². The Morgan fingerprint density at radius 3 is 2.49 bits per heavy atom. The Morgan fingerprint density at radius 1 is 1.14 bits per heavy atom. The van der Waals surface area contributed by atoms with Crippen LogP contribution in [0.3, 0.4) is 0 Å². The smallest absolute Gasteiger partial charge is 0.326 e. The van der Waals surface area contributed by atoms with Gasteiger partial charge < -0.3 is 31.4 Å². The van der Waals surface area contributed by atoms with Crippen molar-refractivity contribution in [3.63, 3.8) is 0 Å². The first kappa shape index (κ1) is 28.2. The van der Waals surface area contributed by atoms with E-state index in [1.165, 1.54) is 4.90 Å². The number of nitrogens with zero attached hydrogens (tertiary/aromatic N) is 1. The molecule has 10 heteroatoms. The second-order valence-corrected chi connectivity index (χ2v) is 10.3. The fourth-order valence-corrected chi connectivity index (χ4v) is 4.82. The maximum atomic E-state index is 13.6. The number of benzene rings is 1. The summed E-state index contributed by atoms with van der Waals surface area (Å²) < 4.78 is 0. The van der Waals surface area contributed by atoms with Crippen LogP contribution in [0, 0.1) is 11.8 Å². The van der Waals surface area contributed by atoms with Gasteiger partial charge in [0.1, 0.15) is 18.1 Å². The molecule has 5 atom stereocenters. The van der Waals surface area contributed by atoms with E-state index in [-0.39, 0.29) is 17.7 Å². The molecule has 3 rings (SSSR count). The van der Waals surface area contributed by atoms with Gasteiger partial charge in [0.25, 0.3) is 0 Å². The van der Waals surface area contributed by atoms with Crippen LogP contribution in [0.2, 0.25) is 0 Å². The number of para-hydroxylation sites is 1. The highest BCUT2D eigenvalue weighted by molar-refractivity contribution is 5.95. The zero-order valence-corrected chi connectivity index (χ0v) is 22.0. The number of carboxylic acid groups (broad SMARTS) is 1. The number of nitrogens with two attached hydrogens (primary N) is 1. The molecule has 37 heavy (non-hydrogen) atoms. The van der Waals surface area contributed by atoms with Gasteiger partial charge in [-0.05, 0) is 42.7 Å². The van der Waals surface area contributed by atoms with E-state index < -0.39 is 42.0 Å². The van der Waals surface area contributed by atoms with Gasteiger partial charge >= 0.3 is 5.97 Å². The predicted molar refractivity (Wildman–Crippen MR) is 141 cm³/mol. The third-order valence-corrected chi connectivity index (χ3v) is 7.30. The Kier molecular flexibility index (Phi) is 9.31. The second kappa shape index (κ2) is 12.2. The molecular formula is C27H39N5O5. The van der Waals surface area contributed by atoms with Crippen LogP contribution in [0.25, 0.3) is 10.9 Å². The lowest BCUT2D eigenvalue weighted by atomic mass is 9.96. The summed E-state index contributed by atoms with van der Waals surface area (Å²) in [6.45, 7) is 7.59. The van der Waals surface area contributed by atoms with Crippen molar-refractivity contribution in [2.75, 3.05) is 6.54 Å². The van der Waals surface area contributed by atoms with Gasteiger partial charge in [-0.25, -0.2) is 4.79 Å². The summed E-state index contributed by atoms with van der Waals surface area (Å²) in [4.78, 5) is 55.9. The van der Waals surface area contributed by atoms with Gasteiger partial charge in [0.15, 0.2) is 0 Å². The molecule has 5 unspecified atom stereocenters. The summed E-state index contributed by atoms with van der Waals surface area (Å²) in [5.41, 5.74) is 8.13. The van der Waals surface area contributed by atoms with Gasteiger partial charge in [0.05, 0.1) is 6.04 Å². The van der Waals surface area contributed by atoms with E-state index in [0.717, 1.165) is 16.5 Å². The normalized spacial score (nSPS) is 18.9. The van der Waals surface area contributed by atoms with Crippen molar-refractivity contribution in [1.82, 2.24) is 20.5 Å². The number of rotatable bonds is 11. The van der Waals surface area contributed by atoms with Crippen LogP contribution in [0.5, 0.6) is 0 Å². The first-order chi connectivity index (χ1) is 17.5. The van der Waals surface area contributed by atoms with Crippen LogP contribution in [-0.2, 0) is 25.6 Å². The number of likely N-dealkylation sites (tertiary alicyclic amines) is 1. The molecule has 1 aromatic heterocycles. The minimum Gasteiger partial charge on any atom is -0.480 e. The lowest BCUT2D eigenvalue weighted by molar-refractivity contribution is -0.146. The molecule has 1 fully saturated rings. The Morgan fingerprint density at radius 2 is 1.84 bits per heavy atom. The summed E-state index contributed by atoms with van der Waals surface area (Å²) in [6, 6.07) is 4.22. The second-order valence-electron chi connectivity index (χ2n) is 10.3. The van der Waals surface area contributed by atoms with Gasteiger partial charge in [0, 0.05) is 23.6 Å². The highest BCUT2D eigenvalue weighted by Gasteiger charge is 2.40. The van der Waals surface area contributed by atoms with Gasteiger partial charge in [0.2, 0.25) is 17.7 Å². The molecule has 0 spiro atoms. The summed E-state index contributed by atoms with van der Waals surface area (Å²) in [6.07, 6.45) is 3.82. The van der Waals surface area contributed by atoms with Crippen LogP contribution in [-0.4, -0.2) is 69.4 Å². The molecule has 0 radical (unpaired) electrons. The molecule has 1 aliphatic rings. The molecule has 1 aliphatic heterocycles. The number of fused-ring (bicyclic) bond motifs is 1. The third-order valence-electron chi connectivity index (χ3n) is 7.30. The van der Waals surface area contributed by atoms with E-state index in [1.54, 1.807) is 13.8 Å². The number of carboxylic acids is 1. The molecule has 0 saturated carbocycles. The Balaban J connectivity index is 1.71. The minimum absolute atomic E-state index is 0.191. The van der Waals surface area contributed by atoms with Gasteiger partial charge in [-0.15, -0.1) is 0 Å².